The lowest BCUT2D eigenvalue weighted by molar-refractivity contribution is -0.122. The van der Waals surface area contributed by atoms with Gasteiger partial charge in [0, 0.05) is 12.5 Å². The molecule has 0 radical (unpaired) electrons. The van der Waals surface area contributed by atoms with Gasteiger partial charge in [0.25, 0.3) is 0 Å². The van der Waals surface area contributed by atoms with Crippen LogP contribution in [0.2, 0.25) is 0 Å². The summed E-state index contributed by atoms with van der Waals surface area (Å²) in [7, 11) is 0. The Morgan fingerprint density at radius 3 is 2.73 bits per heavy atom. The van der Waals surface area contributed by atoms with E-state index in [1.807, 2.05) is 6.92 Å². The van der Waals surface area contributed by atoms with Crippen molar-refractivity contribution in [1.29, 1.82) is 0 Å². The van der Waals surface area contributed by atoms with E-state index in [9.17, 15) is 4.79 Å². The summed E-state index contributed by atoms with van der Waals surface area (Å²) in [6.07, 6.45) is 2.52. The van der Waals surface area contributed by atoms with Crippen LogP contribution in [0, 0.1) is 0 Å². The van der Waals surface area contributed by atoms with E-state index in [1.54, 1.807) is 6.92 Å². The van der Waals surface area contributed by atoms with Gasteiger partial charge in [-0.25, -0.2) is 0 Å². The second-order valence-electron chi connectivity index (χ2n) is 2.75. The molecule has 0 spiro atoms. The number of unbranched alkanes of at least 4 members (excludes halogenated alkanes) is 1. The van der Waals surface area contributed by atoms with Crippen molar-refractivity contribution in [1.82, 2.24) is 5.32 Å². The summed E-state index contributed by atoms with van der Waals surface area (Å²) in [5, 5.41) is 11.3. The van der Waals surface area contributed by atoms with Crippen molar-refractivity contribution in [2.24, 2.45) is 0 Å². The van der Waals surface area contributed by atoms with E-state index in [0.29, 0.717) is 6.42 Å². The molecule has 66 valence electrons. The number of carbonyl (C=O) groups is 1. The Kier molecular flexibility index (Phi) is 5.84. The van der Waals surface area contributed by atoms with Gasteiger partial charge in [-0.2, -0.15) is 0 Å². The molecule has 0 aromatic rings. The second kappa shape index (κ2) is 6.16. The Labute approximate surface area is 67.8 Å². The van der Waals surface area contributed by atoms with Crippen molar-refractivity contribution < 1.29 is 9.90 Å². The zero-order valence-corrected chi connectivity index (χ0v) is 7.26. The van der Waals surface area contributed by atoms with Gasteiger partial charge >= 0.3 is 0 Å². The third-order valence-corrected chi connectivity index (χ3v) is 1.44. The first-order valence-electron chi connectivity index (χ1n) is 4.11. The Bertz CT molecular complexity index is 115. The van der Waals surface area contributed by atoms with E-state index in [2.05, 4.69) is 5.32 Å². The molecule has 0 saturated carbocycles. The van der Waals surface area contributed by atoms with E-state index < -0.39 is 0 Å². The molecule has 3 nitrogen and oxygen atoms in total. The minimum atomic E-state index is -0.112. The van der Waals surface area contributed by atoms with Crippen LogP contribution in [-0.2, 0) is 4.79 Å². The highest BCUT2D eigenvalue weighted by molar-refractivity contribution is 5.76. The van der Waals surface area contributed by atoms with Crippen molar-refractivity contribution in [3.8, 4) is 0 Å². The predicted molar refractivity (Wildman–Crippen MR) is 44.2 cm³/mol. The number of hydrogen-bond acceptors (Lipinski definition) is 2. The van der Waals surface area contributed by atoms with Crippen LogP contribution >= 0.6 is 0 Å². The average molecular weight is 159 g/mol. The van der Waals surface area contributed by atoms with Gasteiger partial charge in [0.1, 0.15) is 0 Å². The molecular weight excluding hydrogens is 142 g/mol. The van der Waals surface area contributed by atoms with Crippen molar-refractivity contribution in [3.05, 3.63) is 0 Å². The summed E-state index contributed by atoms with van der Waals surface area (Å²) >= 11 is 0. The molecule has 3 heteroatoms. The molecule has 0 aromatic carbocycles. The largest absolute Gasteiger partial charge is 0.394 e. The quantitative estimate of drug-likeness (QED) is 0.619. The molecule has 0 aromatic heterocycles. The Morgan fingerprint density at radius 2 is 2.27 bits per heavy atom. The first kappa shape index (κ1) is 10.4. The lowest BCUT2D eigenvalue weighted by Crippen LogP contribution is -2.34. The zero-order chi connectivity index (χ0) is 8.69. The van der Waals surface area contributed by atoms with Crippen LogP contribution in [0.3, 0.4) is 0 Å². The summed E-state index contributed by atoms with van der Waals surface area (Å²) in [6, 6.07) is -0.112. The monoisotopic (exact) mass is 159 g/mol. The first-order chi connectivity index (χ1) is 5.20. The molecule has 0 unspecified atom stereocenters. The van der Waals surface area contributed by atoms with Crippen LogP contribution in [0.4, 0.5) is 0 Å². The summed E-state index contributed by atoms with van der Waals surface area (Å²) in [6.45, 7) is 3.84. The van der Waals surface area contributed by atoms with E-state index in [4.69, 9.17) is 5.11 Å². The normalized spacial score (nSPS) is 12.6. The highest BCUT2D eigenvalue weighted by Gasteiger charge is 2.03. The molecule has 0 rings (SSSR count). The van der Waals surface area contributed by atoms with Crippen molar-refractivity contribution in [2.45, 2.75) is 39.2 Å². The maximum Gasteiger partial charge on any atom is 0.220 e. The van der Waals surface area contributed by atoms with Crippen LogP contribution in [-0.4, -0.2) is 23.7 Å². The number of hydrogen-bond donors (Lipinski definition) is 2. The van der Waals surface area contributed by atoms with Gasteiger partial charge in [0.2, 0.25) is 5.91 Å². The Hall–Kier alpha value is -0.570. The van der Waals surface area contributed by atoms with Gasteiger partial charge in [-0.1, -0.05) is 13.3 Å². The molecule has 1 atom stereocenters. The maximum absolute atomic E-state index is 10.9. The van der Waals surface area contributed by atoms with Gasteiger partial charge in [0.15, 0.2) is 0 Å². The van der Waals surface area contributed by atoms with E-state index >= 15 is 0 Å². The van der Waals surface area contributed by atoms with Gasteiger partial charge in [-0.05, 0) is 13.3 Å². The standard InChI is InChI=1S/C8H17NO2/c1-3-4-5-8(11)9-7(2)6-10/h7,10H,3-6H2,1-2H3,(H,9,11)/t7-/m1/s1. The molecular formula is C8H17NO2. The lowest BCUT2D eigenvalue weighted by atomic mass is 10.2. The summed E-state index contributed by atoms with van der Waals surface area (Å²) in [4.78, 5) is 10.9. The summed E-state index contributed by atoms with van der Waals surface area (Å²) in [5.74, 6) is 0.0356. The van der Waals surface area contributed by atoms with E-state index in [0.717, 1.165) is 12.8 Å². The number of aliphatic hydroxyl groups excluding tert-OH is 1. The average Bonchev–Trinajstić information content (AvgIpc) is 2.00. The highest BCUT2D eigenvalue weighted by atomic mass is 16.3. The van der Waals surface area contributed by atoms with Crippen LogP contribution in [0.15, 0.2) is 0 Å². The van der Waals surface area contributed by atoms with Crippen molar-refractivity contribution >= 4 is 5.91 Å². The summed E-state index contributed by atoms with van der Waals surface area (Å²) < 4.78 is 0. The third-order valence-electron chi connectivity index (χ3n) is 1.44. The third kappa shape index (κ3) is 5.85. The molecule has 1 amide bonds. The van der Waals surface area contributed by atoms with Crippen LogP contribution in [0.5, 0.6) is 0 Å². The number of nitrogens with one attached hydrogen (secondary N) is 1. The van der Waals surface area contributed by atoms with Gasteiger partial charge < -0.3 is 10.4 Å². The first-order valence-corrected chi connectivity index (χ1v) is 4.11. The zero-order valence-electron chi connectivity index (χ0n) is 7.26. The molecule has 0 heterocycles. The van der Waals surface area contributed by atoms with E-state index in [-0.39, 0.29) is 18.6 Å². The Balaban J connectivity index is 3.36. The van der Waals surface area contributed by atoms with Gasteiger partial charge in [-0.3, -0.25) is 4.79 Å². The molecule has 0 aliphatic heterocycles. The number of amides is 1. The molecule has 0 fully saturated rings. The molecule has 0 saturated heterocycles. The van der Waals surface area contributed by atoms with Gasteiger partial charge in [0.05, 0.1) is 6.61 Å². The fourth-order valence-corrected chi connectivity index (χ4v) is 0.730. The van der Waals surface area contributed by atoms with Crippen LogP contribution in [0.1, 0.15) is 33.1 Å². The number of carbonyl (C=O) groups excluding carboxylic acids is 1. The topological polar surface area (TPSA) is 49.3 Å². The fourth-order valence-electron chi connectivity index (χ4n) is 0.730. The second-order valence-corrected chi connectivity index (χ2v) is 2.75. The number of aliphatic hydroxyl groups is 1. The highest BCUT2D eigenvalue weighted by Crippen LogP contribution is 1.93. The smallest absolute Gasteiger partial charge is 0.220 e. The van der Waals surface area contributed by atoms with Gasteiger partial charge in [-0.15, -0.1) is 0 Å². The predicted octanol–water partition coefficient (Wildman–Crippen LogP) is 0.674. The molecule has 0 aliphatic carbocycles. The molecule has 2 N–H and O–H groups in total. The van der Waals surface area contributed by atoms with Crippen LogP contribution in [0.25, 0.3) is 0 Å². The van der Waals surface area contributed by atoms with E-state index in [1.165, 1.54) is 0 Å². The molecule has 0 aliphatic rings. The molecule has 0 bridgehead atoms. The minimum absolute atomic E-state index is 0.0118. The number of rotatable bonds is 5. The summed E-state index contributed by atoms with van der Waals surface area (Å²) in [5.41, 5.74) is 0. The van der Waals surface area contributed by atoms with Crippen molar-refractivity contribution in [3.63, 3.8) is 0 Å². The van der Waals surface area contributed by atoms with Crippen molar-refractivity contribution in [2.75, 3.05) is 6.61 Å². The van der Waals surface area contributed by atoms with Crippen LogP contribution < -0.4 is 5.32 Å². The maximum atomic E-state index is 10.9. The SMILES string of the molecule is CCCCC(=O)N[C@H](C)CO. The fraction of sp³-hybridized carbons (Fsp3) is 0.875. The lowest BCUT2D eigenvalue weighted by Gasteiger charge is -2.09. The minimum Gasteiger partial charge on any atom is -0.394 e. The molecule has 11 heavy (non-hydrogen) atoms. The Morgan fingerprint density at radius 1 is 1.64 bits per heavy atom.